The second-order valence-electron chi connectivity index (χ2n) is 11.2. The van der Waals surface area contributed by atoms with Crippen molar-refractivity contribution in [2.45, 2.75) is 33.9 Å². The third-order valence-electron chi connectivity index (χ3n) is 8.34. The highest BCUT2D eigenvalue weighted by atomic mass is 16.5. The number of aryl methyl sites for hydroxylation is 3. The summed E-state index contributed by atoms with van der Waals surface area (Å²) in [5.41, 5.74) is 13.4. The molecule has 7 rings (SSSR count). The quantitative estimate of drug-likeness (QED) is 0.229. The fraction of sp³-hybridized carbons (Fsp3) is 0.189. The van der Waals surface area contributed by atoms with Gasteiger partial charge >= 0.3 is 0 Å². The van der Waals surface area contributed by atoms with Crippen LogP contribution < -0.4 is 19.3 Å². The molecule has 2 aliphatic rings. The molecule has 0 bridgehead atoms. The number of hydrogen-bond donors (Lipinski definition) is 0. The molecule has 0 saturated heterocycles. The Balaban J connectivity index is 1.13. The maximum atomic E-state index is 6.24. The summed E-state index contributed by atoms with van der Waals surface area (Å²) in [7, 11) is 0. The molecule has 0 radical (unpaired) electrons. The first kappa shape index (κ1) is 25.3. The zero-order valence-corrected chi connectivity index (χ0v) is 23.9. The second-order valence-corrected chi connectivity index (χ2v) is 11.2. The molecule has 5 aromatic carbocycles. The van der Waals surface area contributed by atoms with Crippen molar-refractivity contribution >= 4 is 11.4 Å². The SMILES string of the molecule is Cc1ccccc1N1COc2ccc(-c3ccc(-c4cc(C)c5c(c4)CN(c4ccccc4C)CO5)cc3)cc2C1. The highest BCUT2D eigenvalue weighted by Gasteiger charge is 2.22. The van der Waals surface area contributed by atoms with Crippen molar-refractivity contribution < 1.29 is 9.47 Å². The minimum Gasteiger partial charge on any atom is -0.473 e. The van der Waals surface area contributed by atoms with E-state index in [1.165, 1.54) is 61.4 Å². The van der Waals surface area contributed by atoms with Gasteiger partial charge in [-0.3, -0.25) is 0 Å². The van der Waals surface area contributed by atoms with Gasteiger partial charge in [0.2, 0.25) is 0 Å². The Bertz CT molecular complexity index is 1740. The molecular formula is C37H34N2O2. The Morgan fingerprint density at radius 1 is 0.488 bits per heavy atom. The molecule has 0 spiro atoms. The van der Waals surface area contributed by atoms with E-state index in [-0.39, 0.29) is 0 Å². The van der Waals surface area contributed by atoms with Crippen molar-refractivity contribution in [1.82, 2.24) is 0 Å². The van der Waals surface area contributed by atoms with Gasteiger partial charge in [0.05, 0.1) is 0 Å². The molecule has 41 heavy (non-hydrogen) atoms. The molecule has 0 amide bonds. The number of nitrogens with zero attached hydrogens (tertiary/aromatic N) is 2. The number of benzene rings is 5. The summed E-state index contributed by atoms with van der Waals surface area (Å²) in [6.07, 6.45) is 0. The lowest BCUT2D eigenvalue weighted by Gasteiger charge is -2.33. The van der Waals surface area contributed by atoms with Gasteiger partial charge in [-0.25, -0.2) is 0 Å². The number of fused-ring (bicyclic) bond motifs is 2. The molecule has 2 aliphatic heterocycles. The van der Waals surface area contributed by atoms with Crippen LogP contribution >= 0.6 is 0 Å². The fourth-order valence-corrected chi connectivity index (χ4v) is 6.15. The summed E-state index contributed by atoms with van der Waals surface area (Å²) in [6, 6.07) is 37.0. The molecule has 4 nitrogen and oxygen atoms in total. The summed E-state index contributed by atoms with van der Waals surface area (Å²) < 4.78 is 12.4. The van der Waals surface area contributed by atoms with Crippen LogP contribution in [-0.4, -0.2) is 13.5 Å². The molecule has 0 unspecified atom stereocenters. The first-order valence-corrected chi connectivity index (χ1v) is 14.3. The normalized spacial score (nSPS) is 14.1. The maximum Gasteiger partial charge on any atom is 0.161 e. The lowest BCUT2D eigenvalue weighted by Crippen LogP contribution is -2.32. The largest absolute Gasteiger partial charge is 0.473 e. The van der Waals surface area contributed by atoms with Crippen LogP contribution in [0.15, 0.2) is 103 Å². The van der Waals surface area contributed by atoms with Crippen LogP contribution in [0.4, 0.5) is 11.4 Å². The number of hydrogen-bond acceptors (Lipinski definition) is 4. The Morgan fingerprint density at radius 3 is 1.68 bits per heavy atom. The van der Waals surface area contributed by atoms with Gasteiger partial charge in [0.15, 0.2) is 13.5 Å². The van der Waals surface area contributed by atoms with E-state index in [1.54, 1.807) is 0 Å². The van der Waals surface area contributed by atoms with Crippen LogP contribution in [0.5, 0.6) is 11.5 Å². The second kappa shape index (κ2) is 10.4. The summed E-state index contributed by atoms with van der Waals surface area (Å²) >= 11 is 0. The van der Waals surface area contributed by atoms with Gasteiger partial charge in [-0.1, -0.05) is 66.7 Å². The van der Waals surface area contributed by atoms with Gasteiger partial charge < -0.3 is 19.3 Å². The van der Waals surface area contributed by atoms with E-state index in [0.717, 1.165) is 24.6 Å². The molecule has 0 saturated carbocycles. The molecular weight excluding hydrogens is 504 g/mol. The number of para-hydroxylation sites is 2. The molecule has 0 N–H and O–H groups in total. The molecule has 5 aromatic rings. The van der Waals surface area contributed by atoms with Crippen molar-refractivity contribution in [2.75, 3.05) is 23.3 Å². The minimum atomic E-state index is 0.569. The van der Waals surface area contributed by atoms with E-state index in [9.17, 15) is 0 Å². The molecule has 0 aromatic heterocycles. The third-order valence-corrected chi connectivity index (χ3v) is 8.34. The monoisotopic (exact) mass is 538 g/mol. The smallest absolute Gasteiger partial charge is 0.161 e. The third kappa shape index (κ3) is 4.80. The average molecular weight is 539 g/mol. The zero-order valence-electron chi connectivity index (χ0n) is 23.9. The first-order valence-electron chi connectivity index (χ1n) is 14.3. The average Bonchev–Trinajstić information content (AvgIpc) is 3.01. The van der Waals surface area contributed by atoms with E-state index in [4.69, 9.17) is 9.47 Å². The van der Waals surface area contributed by atoms with Gasteiger partial charge in [-0.05, 0) is 96.1 Å². The van der Waals surface area contributed by atoms with Crippen LogP contribution in [0.25, 0.3) is 22.3 Å². The molecule has 2 heterocycles. The summed E-state index contributed by atoms with van der Waals surface area (Å²) in [6.45, 7) is 9.27. The standard InChI is InChI=1S/C37H34N2O2/c1-25-8-4-6-10-34(25)38-21-32-19-30(16-17-36(32)40-23-38)28-12-14-29(15-13-28)31-18-27(3)37-33(20-31)22-39(24-41-37)35-11-7-5-9-26(35)2/h4-20H,21-24H2,1-3H3. The summed E-state index contributed by atoms with van der Waals surface area (Å²) in [4.78, 5) is 4.61. The van der Waals surface area contributed by atoms with E-state index < -0.39 is 0 Å². The van der Waals surface area contributed by atoms with Crippen molar-refractivity contribution in [2.24, 2.45) is 0 Å². The predicted octanol–water partition coefficient (Wildman–Crippen LogP) is 8.66. The molecule has 204 valence electrons. The van der Waals surface area contributed by atoms with E-state index in [1.807, 2.05) is 0 Å². The summed E-state index contributed by atoms with van der Waals surface area (Å²) in [5, 5.41) is 0. The number of anilines is 2. The highest BCUT2D eigenvalue weighted by molar-refractivity contribution is 5.73. The number of ether oxygens (including phenoxy) is 2. The van der Waals surface area contributed by atoms with Crippen molar-refractivity contribution in [3.05, 3.63) is 131 Å². The fourth-order valence-electron chi connectivity index (χ4n) is 6.15. The predicted molar refractivity (Wildman–Crippen MR) is 168 cm³/mol. The van der Waals surface area contributed by atoms with Crippen LogP contribution in [0, 0.1) is 20.8 Å². The van der Waals surface area contributed by atoms with Gasteiger partial charge in [0.1, 0.15) is 11.5 Å². The Hall–Kier alpha value is -4.70. The van der Waals surface area contributed by atoms with Gasteiger partial charge in [-0.2, -0.15) is 0 Å². The van der Waals surface area contributed by atoms with E-state index in [0.29, 0.717) is 13.5 Å². The van der Waals surface area contributed by atoms with Crippen molar-refractivity contribution in [3.63, 3.8) is 0 Å². The minimum absolute atomic E-state index is 0.569. The Morgan fingerprint density at radius 2 is 1.02 bits per heavy atom. The molecule has 0 aliphatic carbocycles. The van der Waals surface area contributed by atoms with Crippen LogP contribution in [0.1, 0.15) is 27.8 Å². The molecule has 0 fully saturated rings. The van der Waals surface area contributed by atoms with Crippen LogP contribution in [0.3, 0.4) is 0 Å². The lowest BCUT2D eigenvalue weighted by molar-refractivity contribution is 0.287. The van der Waals surface area contributed by atoms with E-state index >= 15 is 0 Å². The van der Waals surface area contributed by atoms with Crippen molar-refractivity contribution in [3.8, 4) is 33.8 Å². The lowest BCUT2D eigenvalue weighted by atomic mass is 9.95. The molecule has 0 atom stereocenters. The zero-order chi connectivity index (χ0) is 27.9. The topological polar surface area (TPSA) is 24.9 Å². The van der Waals surface area contributed by atoms with Crippen LogP contribution in [-0.2, 0) is 13.1 Å². The first-order chi connectivity index (χ1) is 20.0. The Labute approximate surface area is 242 Å². The van der Waals surface area contributed by atoms with Gasteiger partial charge in [0.25, 0.3) is 0 Å². The maximum absolute atomic E-state index is 6.24. The van der Waals surface area contributed by atoms with Crippen molar-refractivity contribution in [1.29, 1.82) is 0 Å². The highest BCUT2D eigenvalue weighted by Crippen LogP contribution is 2.37. The number of rotatable bonds is 4. The van der Waals surface area contributed by atoms with Crippen LogP contribution in [0.2, 0.25) is 0 Å². The van der Waals surface area contributed by atoms with E-state index in [2.05, 4.69) is 134 Å². The Kier molecular flexibility index (Phi) is 6.39. The summed E-state index contributed by atoms with van der Waals surface area (Å²) in [5.74, 6) is 1.99. The van der Waals surface area contributed by atoms with Gasteiger partial charge in [0, 0.05) is 35.6 Å². The van der Waals surface area contributed by atoms with Gasteiger partial charge in [-0.15, -0.1) is 0 Å². The molecule has 4 heteroatoms.